The Morgan fingerprint density at radius 3 is 2.29 bits per heavy atom. The molecule has 6 nitrogen and oxygen atoms in total. The minimum atomic E-state index is -1.48. The molecule has 2 heterocycles. The van der Waals surface area contributed by atoms with Crippen LogP contribution in [0.25, 0.3) is 11.1 Å². The van der Waals surface area contributed by atoms with Crippen LogP contribution in [-0.2, 0) is 12.6 Å². The second-order valence-corrected chi connectivity index (χ2v) is 9.00. The predicted molar refractivity (Wildman–Crippen MR) is 140 cm³/mol. The lowest BCUT2D eigenvalue weighted by molar-refractivity contribution is 0.594. The number of nitrogens with one attached hydrogen (secondary N) is 1. The average molecular weight is 526 g/mol. The molecule has 2 aromatic carbocycles. The first-order valence-electron chi connectivity index (χ1n) is 10.5. The molecule has 0 spiro atoms. The van der Waals surface area contributed by atoms with Gasteiger partial charge in [0.1, 0.15) is 0 Å². The highest BCUT2D eigenvalue weighted by atomic mass is 35.5. The largest absolute Gasteiger partial charge is 0.335 e. The smallest absolute Gasteiger partial charge is 0.257 e. The number of imidazole rings is 1. The van der Waals surface area contributed by atoms with Gasteiger partial charge in [-0.15, -0.1) is 4.91 Å². The minimum absolute atomic E-state index is 0.159. The van der Waals surface area contributed by atoms with E-state index in [0.29, 0.717) is 32.4 Å². The summed E-state index contributed by atoms with van der Waals surface area (Å²) in [5, 5.41) is 4.78. The topological polar surface area (TPSA) is 80.1 Å². The van der Waals surface area contributed by atoms with E-state index in [-0.39, 0.29) is 10.6 Å². The summed E-state index contributed by atoms with van der Waals surface area (Å²) in [6.07, 6.45) is 4.65. The van der Waals surface area contributed by atoms with Crippen LogP contribution in [0.3, 0.4) is 0 Å². The number of hydrogen-bond donors (Lipinski definition) is 1. The second-order valence-electron chi connectivity index (χ2n) is 7.72. The van der Waals surface area contributed by atoms with Crippen molar-refractivity contribution in [2.75, 3.05) is 0 Å². The molecule has 0 saturated heterocycles. The van der Waals surface area contributed by atoms with E-state index in [9.17, 15) is 9.70 Å². The molecule has 0 bridgehead atoms. The summed E-state index contributed by atoms with van der Waals surface area (Å²) in [6.45, 7) is 0. The number of halogens is 3. The van der Waals surface area contributed by atoms with Gasteiger partial charge in [0.05, 0.1) is 28.8 Å². The Morgan fingerprint density at radius 2 is 1.63 bits per heavy atom. The molecule has 9 heteroatoms. The molecule has 1 unspecified atom stereocenters. The number of benzene rings is 2. The van der Waals surface area contributed by atoms with Gasteiger partial charge in [-0.2, -0.15) is 0 Å². The molecule has 0 radical (unpaired) electrons. The van der Waals surface area contributed by atoms with Gasteiger partial charge in [-0.3, -0.25) is 4.79 Å². The number of aromatic nitrogens is 3. The van der Waals surface area contributed by atoms with Crippen molar-refractivity contribution in [3.63, 3.8) is 0 Å². The molecule has 0 aliphatic heterocycles. The zero-order valence-corrected chi connectivity index (χ0v) is 20.7. The zero-order valence-electron chi connectivity index (χ0n) is 18.5. The van der Waals surface area contributed by atoms with E-state index >= 15 is 0 Å². The number of rotatable bonds is 5. The fraction of sp³-hybridized carbons (Fsp3) is 0.0769. The van der Waals surface area contributed by atoms with Crippen LogP contribution in [0, 0.1) is 4.91 Å². The van der Waals surface area contributed by atoms with Gasteiger partial charge >= 0.3 is 0 Å². The second kappa shape index (κ2) is 10.4. The van der Waals surface area contributed by atoms with Crippen LogP contribution in [0.15, 0.2) is 101 Å². The summed E-state index contributed by atoms with van der Waals surface area (Å²) >= 11 is 18.9. The standard InChI is InChI=1S/C26H19Cl3N4O2/c1-33-16-30-15-23(33)26(32-35,19-7-10-20(27)11-8-19)18-5-3-13-31-25(34)24(22(29)12-9-18)17-4-2-6-21(28)14-17/h2-16H,1H3,(H,31,34). The van der Waals surface area contributed by atoms with Crippen LogP contribution in [0.2, 0.25) is 15.1 Å². The summed E-state index contributed by atoms with van der Waals surface area (Å²) < 4.78 is 1.73. The minimum Gasteiger partial charge on any atom is -0.335 e. The van der Waals surface area contributed by atoms with Gasteiger partial charge in [0.15, 0.2) is 5.54 Å². The van der Waals surface area contributed by atoms with Crippen LogP contribution in [0.4, 0.5) is 0 Å². The zero-order chi connectivity index (χ0) is 25.0. The first kappa shape index (κ1) is 24.7. The van der Waals surface area contributed by atoms with Gasteiger partial charge in [0, 0.05) is 23.3 Å². The molecule has 1 atom stereocenters. The van der Waals surface area contributed by atoms with E-state index in [4.69, 9.17) is 34.8 Å². The maximum absolute atomic E-state index is 12.9. The molecular formula is C26H19Cl3N4O2. The van der Waals surface area contributed by atoms with Crippen molar-refractivity contribution in [1.29, 1.82) is 0 Å². The molecule has 1 N–H and O–H groups in total. The SMILES string of the molecule is Cn1cncc1C(N=O)(c1ccc(Cl)cc1)c1ccc[nH]c(=O)c(-c2cccc(Cl)c2)c(Cl)cc1. The summed E-state index contributed by atoms with van der Waals surface area (Å²) in [5.74, 6) is 0. The number of nitrogens with zero attached hydrogens (tertiary/aromatic N) is 3. The Hall–Kier alpha value is -3.45. The number of H-pyrrole nitrogens is 1. The van der Waals surface area contributed by atoms with Crippen molar-refractivity contribution in [2.45, 2.75) is 5.54 Å². The molecule has 0 aliphatic carbocycles. The average Bonchev–Trinajstić information content (AvgIpc) is 3.27. The third-order valence-electron chi connectivity index (χ3n) is 5.58. The highest BCUT2D eigenvalue weighted by Gasteiger charge is 2.40. The van der Waals surface area contributed by atoms with Gasteiger partial charge in [-0.05, 0) is 58.3 Å². The summed E-state index contributed by atoms with van der Waals surface area (Å²) in [6, 6.07) is 20.2. The van der Waals surface area contributed by atoms with Gasteiger partial charge < -0.3 is 9.55 Å². The van der Waals surface area contributed by atoms with Gasteiger partial charge in [0.2, 0.25) is 0 Å². The van der Waals surface area contributed by atoms with Crippen molar-refractivity contribution in [2.24, 2.45) is 12.2 Å². The maximum atomic E-state index is 12.9. The Labute approximate surface area is 216 Å². The lowest BCUT2D eigenvalue weighted by Crippen LogP contribution is -2.28. The lowest BCUT2D eigenvalue weighted by Gasteiger charge is -2.27. The molecule has 4 rings (SSSR count). The third kappa shape index (κ3) is 4.86. The van der Waals surface area contributed by atoms with E-state index in [2.05, 4.69) is 15.1 Å². The summed E-state index contributed by atoms with van der Waals surface area (Å²) in [7, 11) is 1.78. The van der Waals surface area contributed by atoms with Crippen molar-refractivity contribution < 1.29 is 0 Å². The molecule has 0 fully saturated rings. The first-order valence-corrected chi connectivity index (χ1v) is 11.6. The third-order valence-corrected chi connectivity index (χ3v) is 6.38. The van der Waals surface area contributed by atoms with Crippen LogP contribution in [0.1, 0.15) is 16.8 Å². The number of nitroso groups, excluding NO2 is 1. The van der Waals surface area contributed by atoms with Crippen molar-refractivity contribution in [3.05, 3.63) is 139 Å². The number of aryl methyl sites for hydroxylation is 1. The van der Waals surface area contributed by atoms with Crippen LogP contribution < -0.4 is 5.56 Å². The molecular weight excluding hydrogens is 507 g/mol. The quantitative estimate of drug-likeness (QED) is 0.287. The van der Waals surface area contributed by atoms with Crippen LogP contribution in [-0.4, -0.2) is 14.5 Å². The highest BCUT2D eigenvalue weighted by Crippen LogP contribution is 2.40. The Kier molecular flexibility index (Phi) is 7.36. The normalized spacial score (nSPS) is 12.5. The number of aromatic amines is 1. The van der Waals surface area contributed by atoms with Gasteiger partial charge in [-0.25, -0.2) is 4.98 Å². The Bertz CT molecular complexity index is 1500. The van der Waals surface area contributed by atoms with E-state index in [0.717, 1.165) is 0 Å². The molecule has 2 aromatic heterocycles. The van der Waals surface area contributed by atoms with Gasteiger partial charge in [-0.1, -0.05) is 71.2 Å². The lowest BCUT2D eigenvalue weighted by atomic mass is 9.81. The van der Waals surface area contributed by atoms with Crippen LogP contribution in [0.5, 0.6) is 0 Å². The van der Waals surface area contributed by atoms with Crippen molar-refractivity contribution in [1.82, 2.24) is 14.5 Å². The molecule has 35 heavy (non-hydrogen) atoms. The fourth-order valence-electron chi connectivity index (χ4n) is 3.92. The van der Waals surface area contributed by atoms with Crippen molar-refractivity contribution >= 4 is 34.8 Å². The monoisotopic (exact) mass is 524 g/mol. The maximum Gasteiger partial charge on any atom is 0.257 e. The van der Waals surface area contributed by atoms with Crippen LogP contribution >= 0.6 is 34.8 Å². The highest BCUT2D eigenvalue weighted by molar-refractivity contribution is 6.33. The van der Waals surface area contributed by atoms with Crippen molar-refractivity contribution in [3.8, 4) is 11.1 Å². The Morgan fingerprint density at radius 1 is 0.914 bits per heavy atom. The van der Waals surface area contributed by atoms with E-state index in [1.54, 1.807) is 96.9 Å². The van der Waals surface area contributed by atoms with Gasteiger partial charge in [0.25, 0.3) is 5.56 Å². The number of hydrogen-bond acceptors (Lipinski definition) is 4. The Balaban J connectivity index is 2.05. The fourth-order valence-corrected chi connectivity index (χ4v) is 4.50. The van der Waals surface area contributed by atoms with E-state index in [1.807, 2.05) is 0 Å². The summed E-state index contributed by atoms with van der Waals surface area (Å²) in [4.78, 5) is 32.5. The first-order chi connectivity index (χ1) is 16.9. The summed E-state index contributed by atoms with van der Waals surface area (Å²) in [5.41, 5.74) is 0.513. The van der Waals surface area contributed by atoms with E-state index < -0.39 is 11.1 Å². The molecule has 4 aromatic rings. The molecule has 0 saturated carbocycles. The molecule has 176 valence electrons. The molecule has 0 amide bonds. The van der Waals surface area contributed by atoms with E-state index in [1.165, 1.54) is 6.20 Å². The molecule has 0 aliphatic rings. The predicted octanol–water partition coefficient (Wildman–Crippen LogP) is 6.92.